The van der Waals surface area contributed by atoms with Crippen LogP contribution in [-0.4, -0.2) is 49.9 Å². The first-order valence-corrected chi connectivity index (χ1v) is 7.53. The van der Waals surface area contributed by atoms with E-state index in [1.165, 1.54) is 12.1 Å². The molecule has 2 atom stereocenters. The van der Waals surface area contributed by atoms with Crippen LogP contribution in [0.3, 0.4) is 0 Å². The van der Waals surface area contributed by atoms with Crippen molar-refractivity contribution in [3.8, 4) is 11.4 Å². The number of morpholine rings is 1. The van der Waals surface area contributed by atoms with Gasteiger partial charge in [-0.15, -0.1) is 5.10 Å². The molecule has 122 valence electrons. The summed E-state index contributed by atoms with van der Waals surface area (Å²) in [5, 5.41) is 15.3. The van der Waals surface area contributed by atoms with Crippen molar-refractivity contribution in [2.45, 2.75) is 32.7 Å². The Balaban J connectivity index is 1.75. The predicted octanol–water partition coefficient (Wildman–Crippen LogP) is 1.92. The topological polar surface area (TPSA) is 86.3 Å². The van der Waals surface area contributed by atoms with Crippen LogP contribution in [0.25, 0.3) is 11.4 Å². The van der Waals surface area contributed by atoms with Gasteiger partial charge in [0, 0.05) is 30.3 Å². The van der Waals surface area contributed by atoms with Crippen molar-refractivity contribution in [3.05, 3.63) is 40.7 Å². The van der Waals surface area contributed by atoms with Gasteiger partial charge >= 0.3 is 0 Å². The second-order valence-electron chi connectivity index (χ2n) is 5.82. The van der Waals surface area contributed by atoms with Crippen LogP contribution >= 0.6 is 0 Å². The minimum atomic E-state index is -0.419. The highest BCUT2D eigenvalue weighted by molar-refractivity contribution is 5.58. The highest BCUT2D eigenvalue weighted by atomic mass is 16.6. The number of nitro benzene ring substituents is 1. The lowest BCUT2D eigenvalue weighted by atomic mass is 10.2. The molecule has 3 rings (SSSR count). The van der Waals surface area contributed by atoms with E-state index in [1.807, 2.05) is 0 Å². The van der Waals surface area contributed by atoms with Crippen molar-refractivity contribution in [3.63, 3.8) is 0 Å². The van der Waals surface area contributed by atoms with Crippen molar-refractivity contribution in [2.75, 3.05) is 13.2 Å². The van der Waals surface area contributed by atoms with Crippen molar-refractivity contribution in [1.82, 2.24) is 19.7 Å². The number of nitro groups is 1. The number of hydrogen-bond donors (Lipinski definition) is 0. The minimum Gasteiger partial charge on any atom is -0.376 e. The monoisotopic (exact) mass is 317 g/mol. The van der Waals surface area contributed by atoms with Crippen LogP contribution in [0.4, 0.5) is 5.69 Å². The summed E-state index contributed by atoms with van der Waals surface area (Å²) in [4.78, 5) is 17.0. The molecule has 0 radical (unpaired) electrons. The van der Waals surface area contributed by atoms with E-state index < -0.39 is 4.92 Å². The van der Waals surface area contributed by atoms with Crippen LogP contribution in [0.2, 0.25) is 0 Å². The number of benzene rings is 1. The Hall–Kier alpha value is -2.32. The number of nitrogens with zero attached hydrogens (tertiary/aromatic N) is 5. The van der Waals surface area contributed by atoms with Gasteiger partial charge in [0.1, 0.15) is 6.33 Å². The van der Waals surface area contributed by atoms with Crippen LogP contribution < -0.4 is 0 Å². The quantitative estimate of drug-likeness (QED) is 0.632. The average molecular weight is 317 g/mol. The van der Waals surface area contributed by atoms with Crippen LogP contribution in [0, 0.1) is 10.1 Å². The molecule has 2 aromatic rings. The SMILES string of the molecule is C[C@H]1CN(Cn2cnc(-c3cccc([N+](=O)[O-])c3)n2)[C@@H](C)CO1. The molecule has 0 bridgehead atoms. The summed E-state index contributed by atoms with van der Waals surface area (Å²) in [6.45, 7) is 6.33. The molecule has 0 unspecified atom stereocenters. The molecule has 2 heterocycles. The van der Waals surface area contributed by atoms with E-state index in [0.29, 0.717) is 30.7 Å². The summed E-state index contributed by atoms with van der Waals surface area (Å²) in [5.41, 5.74) is 0.677. The zero-order chi connectivity index (χ0) is 16.4. The fourth-order valence-corrected chi connectivity index (χ4v) is 2.61. The molecule has 0 N–H and O–H groups in total. The number of non-ortho nitro benzene ring substituents is 1. The van der Waals surface area contributed by atoms with Crippen molar-refractivity contribution in [2.24, 2.45) is 0 Å². The average Bonchev–Trinajstić information content (AvgIpc) is 3.00. The number of ether oxygens (including phenoxy) is 1. The molecule has 8 nitrogen and oxygen atoms in total. The molecular formula is C15H19N5O3. The van der Waals surface area contributed by atoms with Gasteiger partial charge in [-0.05, 0) is 13.8 Å². The first-order valence-electron chi connectivity index (χ1n) is 7.53. The summed E-state index contributed by atoms with van der Waals surface area (Å²) in [5.74, 6) is 0.489. The summed E-state index contributed by atoms with van der Waals surface area (Å²) in [7, 11) is 0. The number of hydrogen-bond acceptors (Lipinski definition) is 6. The third kappa shape index (κ3) is 3.54. The zero-order valence-corrected chi connectivity index (χ0v) is 13.1. The van der Waals surface area contributed by atoms with Gasteiger partial charge < -0.3 is 4.74 Å². The Morgan fingerprint density at radius 2 is 2.26 bits per heavy atom. The third-order valence-electron chi connectivity index (χ3n) is 3.92. The van der Waals surface area contributed by atoms with Crippen LogP contribution in [0.1, 0.15) is 13.8 Å². The van der Waals surface area contributed by atoms with Gasteiger partial charge in [0.25, 0.3) is 5.69 Å². The van der Waals surface area contributed by atoms with E-state index in [1.54, 1.807) is 23.1 Å². The highest BCUT2D eigenvalue weighted by Crippen LogP contribution is 2.21. The molecule has 0 amide bonds. The molecule has 1 aromatic carbocycles. The predicted molar refractivity (Wildman–Crippen MR) is 83.7 cm³/mol. The summed E-state index contributed by atoms with van der Waals surface area (Å²) < 4.78 is 7.37. The molecule has 0 aliphatic carbocycles. The molecule has 1 aliphatic rings. The van der Waals surface area contributed by atoms with E-state index in [0.717, 1.165) is 6.54 Å². The molecule has 23 heavy (non-hydrogen) atoms. The maximum absolute atomic E-state index is 10.9. The Labute approximate surface area is 133 Å². The van der Waals surface area contributed by atoms with Gasteiger partial charge in [-0.3, -0.25) is 15.0 Å². The van der Waals surface area contributed by atoms with Gasteiger partial charge in [0.2, 0.25) is 0 Å². The lowest BCUT2D eigenvalue weighted by Crippen LogP contribution is -2.47. The maximum Gasteiger partial charge on any atom is 0.270 e. The number of aromatic nitrogens is 3. The largest absolute Gasteiger partial charge is 0.376 e. The molecule has 0 saturated carbocycles. The molecular weight excluding hydrogens is 298 g/mol. The maximum atomic E-state index is 10.9. The normalized spacial score (nSPS) is 22.2. The van der Waals surface area contributed by atoms with E-state index in [-0.39, 0.29) is 11.8 Å². The van der Waals surface area contributed by atoms with E-state index in [9.17, 15) is 10.1 Å². The highest BCUT2D eigenvalue weighted by Gasteiger charge is 2.23. The van der Waals surface area contributed by atoms with Crippen LogP contribution in [0.15, 0.2) is 30.6 Å². The fraction of sp³-hybridized carbons (Fsp3) is 0.467. The first-order chi connectivity index (χ1) is 11.0. The smallest absolute Gasteiger partial charge is 0.270 e. The van der Waals surface area contributed by atoms with Crippen LogP contribution in [0.5, 0.6) is 0 Å². The third-order valence-corrected chi connectivity index (χ3v) is 3.92. The fourth-order valence-electron chi connectivity index (χ4n) is 2.61. The lowest BCUT2D eigenvalue weighted by Gasteiger charge is -2.36. The molecule has 1 fully saturated rings. The van der Waals surface area contributed by atoms with Crippen molar-refractivity contribution < 1.29 is 9.66 Å². The van der Waals surface area contributed by atoms with E-state index in [2.05, 4.69) is 28.8 Å². The van der Waals surface area contributed by atoms with E-state index >= 15 is 0 Å². The zero-order valence-electron chi connectivity index (χ0n) is 13.1. The van der Waals surface area contributed by atoms with Crippen molar-refractivity contribution >= 4 is 5.69 Å². The molecule has 0 spiro atoms. The summed E-state index contributed by atoms with van der Waals surface area (Å²) >= 11 is 0. The Morgan fingerprint density at radius 1 is 1.43 bits per heavy atom. The lowest BCUT2D eigenvalue weighted by molar-refractivity contribution is -0.384. The van der Waals surface area contributed by atoms with Gasteiger partial charge in [-0.25, -0.2) is 9.67 Å². The standard InChI is InChI=1S/C15H19N5O3/c1-11-8-23-12(2)7-18(11)10-19-9-16-15(17-19)13-4-3-5-14(6-13)20(21)22/h3-6,9,11-12H,7-8,10H2,1-2H3/t11-,12-/m0/s1. The van der Waals surface area contributed by atoms with Gasteiger partial charge in [0.15, 0.2) is 5.82 Å². The minimum absolute atomic E-state index is 0.0366. The first kappa shape index (κ1) is 15.6. The molecule has 1 aromatic heterocycles. The van der Waals surface area contributed by atoms with Crippen LogP contribution in [-0.2, 0) is 11.4 Å². The van der Waals surface area contributed by atoms with Gasteiger partial charge in [0.05, 0.1) is 24.3 Å². The molecule has 1 aliphatic heterocycles. The Morgan fingerprint density at radius 3 is 3.04 bits per heavy atom. The Kier molecular flexibility index (Phi) is 4.35. The second kappa shape index (κ2) is 6.43. The number of rotatable bonds is 4. The van der Waals surface area contributed by atoms with Gasteiger partial charge in [-0.1, -0.05) is 12.1 Å². The molecule has 8 heteroatoms. The van der Waals surface area contributed by atoms with Gasteiger partial charge in [-0.2, -0.15) is 0 Å². The summed E-state index contributed by atoms with van der Waals surface area (Å²) in [6, 6.07) is 6.67. The summed E-state index contributed by atoms with van der Waals surface area (Å²) in [6.07, 6.45) is 1.85. The van der Waals surface area contributed by atoms with Crippen molar-refractivity contribution in [1.29, 1.82) is 0 Å². The Bertz CT molecular complexity index is 702. The second-order valence-corrected chi connectivity index (χ2v) is 5.82. The van der Waals surface area contributed by atoms with E-state index in [4.69, 9.17) is 4.74 Å². The molecule has 1 saturated heterocycles.